The smallest absolute Gasteiger partial charge is 0.318 e. The second-order valence-corrected chi connectivity index (χ2v) is 3.72. The molecule has 0 aliphatic carbocycles. The van der Waals surface area contributed by atoms with Gasteiger partial charge in [-0.3, -0.25) is 14.9 Å². The Labute approximate surface area is 86.3 Å². The van der Waals surface area contributed by atoms with E-state index in [0.29, 0.717) is 5.69 Å². The van der Waals surface area contributed by atoms with Gasteiger partial charge in [-0.15, -0.1) is 0 Å². The zero-order valence-electron chi connectivity index (χ0n) is 8.70. The maximum Gasteiger partial charge on any atom is 0.318 e. The van der Waals surface area contributed by atoms with E-state index in [1.807, 2.05) is 0 Å². The van der Waals surface area contributed by atoms with Gasteiger partial charge in [-0.2, -0.15) is 0 Å². The molecule has 0 aliphatic rings. The van der Waals surface area contributed by atoms with Crippen molar-refractivity contribution < 1.29 is 19.2 Å². The number of rotatable bonds is 3. The Morgan fingerprint density at radius 2 is 2.13 bits per heavy atom. The van der Waals surface area contributed by atoms with Crippen molar-refractivity contribution in [3.63, 3.8) is 0 Å². The van der Waals surface area contributed by atoms with Crippen LogP contribution < -0.4 is 5.32 Å². The molecule has 6 nitrogen and oxygen atoms in total. The summed E-state index contributed by atoms with van der Waals surface area (Å²) < 4.78 is 4.73. The van der Waals surface area contributed by atoms with E-state index in [0.717, 1.165) is 0 Å². The number of aromatic nitrogens is 1. The lowest BCUT2D eigenvalue weighted by molar-refractivity contribution is -0.151. The molecule has 1 rings (SSSR count). The number of carbonyl (C=O) groups excluding carboxylic acids is 1. The van der Waals surface area contributed by atoms with Crippen molar-refractivity contribution in [2.45, 2.75) is 20.8 Å². The van der Waals surface area contributed by atoms with Gasteiger partial charge in [0.25, 0.3) is 0 Å². The number of amides is 1. The van der Waals surface area contributed by atoms with Crippen molar-refractivity contribution in [3.05, 3.63) is 11.8 Å². The normalized spacial score (nSPS) is 11.1. The molecule has 0 bridgehead atoms. The fourth-order valence-electron chi connectivity index (χ4n) is 0.788. The average molecular weight is 212 g/mol. The van der Waals surface area contributed by atoms with Gasteiger partial charge in [-0.25, -0.2) is 0 Å². The first-order valence-corrected chi connectivity index (χ1v) is 4.32. The molecule has 1 heterocycles. The summed E-state index contributed by atoms with van der Waals surface area (Å²) >= 11 is 0. The molecule has 0 saturated carbocycles. The molecule has 0 unspecified atom stereocenters. The molecule has 2 N–H and O–H groups in total. The summed E-state index contributed by atoms with van der Waals surface area (Å²) in [5.41, 5.74) is -0.890. The minimum atomic E-state index is -1.50. The Balaban J connectivity index is 2.76. The number of carboxylic acids is 1. The first-order valence-electron chi connectivity index (χ1n) is 4.32. The van der Waals surface area contributed by atoms with Crippen molar-refractivity contribution in [2.24, 2.45) is 5.41 Å². The predicted octanol–water partition coefficient (Wildman–Crippen LogP) is 1.03. The van der Waals surface area contributed by atoms with Gasteiger partial charge < -0.3 is 9.63 Å². The lowest BCUT2D eigenvalue weighted by Gasteiger charge is -2.16. The third-order valence-electron chi connectivity index (χ3n) is 1.97. The van der Waals surface area contributed by atoms with E-state index in [4.69, 9.17) is 9.63 Å². The van der Waals surface area contributed by atoms with Crippen LogP contribution in [0.2, 0.25) is 0 Å². The predicted molar refractivity (Wildman–Crippen MR) is 51.3 cm³/mol. The van der Waals surface area contributed by atoms with Crippen LogP contribution in [0.5, 0.6) is 0 Å². The van der Waals surface area contributed by atoms with Crippen molar-refractivity contribution in [3.8, 4) is 0 Å². The third-order valence-corrected chi connectivity index (χ3v) is 1.97. The molecule has 82 valence electrons. The van der Waals surface area contributed by atoms with Crippen molar-refractivity contribution in [1.82, 2.24) is 5.16 Å². The maximum absolute atomic E-state index is 11.5. The number of aliphatic carboxylic acids is 1. The SMILES string of the molecule is Cc1cc(NC(=O)C(C)(C)C(=O)O)on1. The zero-order valence-corrected chi connectivity index (χ0v) is 8.70. The van der Waals surface area contributed by atoms with E-state index in [1.54, 1.807) is 6.92 Å². The van der Waals surface area contributed by atoms with E-state index < -0.39 is 17.3 Å². The summed E-state index contributed by atoms with van der Waals surface area (Å²) in [6.07, 6.45) is 0. The molecular formula is C9H12N2O4. The monoisotopic (exact) mass is 212 g/mol. The third kappa shape index (κ3) is 2.34. The van der Waals surface area contributed by atoms with Gasteiger partial charge in [-0.1, -0.05) is 5.16 Å². The van der Waals surface area contributed by atoms with Crippen LogP contribution in [0, 0.1) is 12.3 Å². The van der Waals surface area contributed by atoms with Crippen molar-refractivity contribution in [1.29, 1.82) is 0 Å². The van der Waals surface area contributed by atoms with Gasteiger partial charge in [-0.05, 0) is 20.8 Å². The van der Waals surface area contributed by atoms with Gasteiger partial charge >= 0.3 is 5.97 Å². The molecule has 15 heavy (non-hydrogen) atoms. The lowest BCUT2D eigenvalue weighted by atomic mass is 9.93. The minimum absolute atomic E-state index is 0.145. The highest BCUT2D eigenvalue weighted by molar-refractivity contribution is 6.07. The number of hydrogen-bond acceptors (Lipinski definition) is 4. The second kappa shape index (κ2) is 3.72. The molecule has 0 fully saturated rings. The standard InChI is InChI=1S/C9H12N2O4/c1-5-4-6(15-11-5)10-7(12)9(2,3)8(13)14/h4H,1-3H3,(H,10,12)(H,13,14). The van der Waals surface area contributed by atoms with Crippen LogP contribution in [0.4, 0.5) is 5.88 Å². The number of aryl methyl sites for hydroxylation is 1. The van der Waals surface area contributed by atoms with Crippen LogP contribution >= 0.6 is 0 Å². The Morgan fingerprint density at radius 3 is 2.53 bits per heavy atom. The molecule has 1 amide bonds. The number of hydrogen-bond donors (Lipinski definition) is 2. The van der Waals surface area contributed by atoms with Crippen LogP contribution in [0.15, 0.2) is 10.6 Å². The van der Waals surface area contributed by atoms with Crippen molar-refractivity contribution >= 4 is 17.8 Å². The minimum Gasteiger partial charge on any atom is -0.480 e. The van der Waals surface area contributed by atoms with E-state index in [1.165, 1.54) is 19.9 Å². The summed E-state index contributed by atoms with van der Waals surface area (Å²) in [6, 6.07) is 1.51. The highest BCUT2D eigenvalue weighted by Crippen LogP contribution is 2.19. The van der Waals surface area contributed by atoms with Crippen LogP contribution in [0.1, 0.15) is 19.5 Å². The van der Waals surface area contributed by atoms with Gasteiger partial charge in [0.15, 0.2) is 0 Å². The lowest BCUT2D eigenvalue weighted by Crippen LogP contribution is -2.37. The summed E-state index contributed by atoms with van der Waals surface area (Å²) in [4.78, 5) is 22.3. The number of carboxylic acid groups (broad SMARTS) is 1. The van der Waals surface area contributed by atoms with Gasteiger partial charge in [0.05, 0.1) is 5.69 Å². The molecule has 0 aromatic carbocycles. The quantitative estimate of drug-likeness (QED) is 0.730. The maximum atomic E-state index is 11.5. The van der Waals surface area contributed by atoms with E-state index in [-0.39, 0.29) is 5.88 Å². The topological polar surface area (TPSA) is 92.4 Å². The highest BCUT2D eigenvalue weighted by Gasteiger charge is 2.36. The Morgan fingerprint density at radius 1 is 1.53 bits per heavy atom. The number of nitrogens with zero attached hydrogens (tertiary/aromatic N) is 1. The molecule has 0 radical (unpaired) electrons. The average Bonchev–Trinajstić information content (AvgIpc) is 2.50. The first-order chi connectivity index (χ1) is 6.84. The highest BCUT2D eigenvalue weighted by atomic mass is 16.5. The molecule has 0 saturated heterocycles. The van der Waals surface area contributed by atoms with E-state index in [9.17, 15) is 9.59 Å². The van der Waals surface area contributed by atoms with Gasteiger partial charge in [0.1, 0.15) is 5.41 Å². The Bertz CT molecular complexity index is 395. The van der Waals surface area contributed by atoms with Crippen LogP contribution in [-0.2, 0) is 9.59 Å². The summed E-state index contributed by atoms with van der Waals surface area (Å²) in [7, 11) is 0. The fraction of sp³-hybridized carbons (Fsp3) is 0.444. The molecule has 6 heteroatoms. The molecule has 0 spiro atoms. The Kier molecular flexibility index (Phi) is 2.78. The van der Waals surface area contributed by atoms with E-state index in [2.05, 4.69) is 10.5 Å². The molecule has 1 aromatic rings. The van der Waals surface area contributed by atoms with E-state index >= 15 is 0 Å². The van der Waals surface area contributed by atoms with Crippen LogP contribution in [0.25, 0.3) is 0 Å². The number of anilines is 1. The second-order valence-electron chi connectivity index (χ2n) is 3.72. The zero-order chi connectivity index (χ0) is 11.6. The molecular weight excluding hydrogens is 200 g/mol. The summed E-state index contributed by atoms with van der Waals surface area (Å²) in [5.74, 6) is -1.70. The van der Waals surface area contributed by atoms with Crippen molar-refractivity contribution in [2.75, 3.05) is 5.32 Å². The first kappa shape index (κ1) is 11.2. The summed E-state index contributed by atoms with van der Waals surface area (Å²) in [5, 5.41) is 14.7. The number of carbonyl (C=O) groups is 2. The van der Waals surface area contributed by atoms with Crippen LogP contribution in [-0.4, -0.2) is 22.1 Å². The van der Waals surface area contributed by atoms with Crippen LogP contribution in [0.3, 0.4) is 0 Å². The summed E-state index contributed by atoms with van der Waals surface area (Å²) in [6.45, 7) is 4.32. The Hall–Kier alpha value is -1.85. The molecule has 0 atom stereocenters. The molecule has 0 aliphatic heterocycles. The largest absolute Gasteiger partial charge is 0.480 e. The van der Waals surface area contributed by atoms with Gasteiger partial charge in [0.2, 0.25) is 11.8 Å². The van der Waals surface area contributed by atoms with Gasteiger partial charge in [0, 0.05) is 6.07 Å². The molecule has 1 aromatic heterocycles. The fourth-order valence-corrected chi connectivity index (χ4v) is 0.788. The number of nitrogens with one attached hydrogen (secondary N) is 1.